The van der Waals surface area contributed by atoms with Gasteiger partial charge in [0.25, 0.3) is 5.78 Å². The summed E-state index contributed by atoms with van der Waals surface area (Å²) in [5, 5.41) is 66.2. The molecule has 2 aliphatic rings. The number of fused-ring (bicyclic) bond motifs is 2. The van der Waals surface area contributed by atoms with Crippen LogP contribution in [0.2, 0.25) is 0 Å². The van der Waals surface area contributed by atoms with Crippen LogP contribution in [0.1, 0.15) is 11.4 Å². The molecular formula is C12H8N2O8. The van der Waals surface area contributed by atoms with Crippen molar-refractivity contribution in [3.8, 4) is 0 Å². The molecule has 0 radical (unpaired) electrons. The highest BCUT2D eigenvalue weighted by molar-refractivity contribution is 6.23. The van der Waals surface area contributed by atoms with Gasteiger partial charge in [0.05, 0.1) is 0 Å². The summed E-state index contributed by atoms with van der Waals surface area (Å²) >= 11 is 0. The largest absolute Gasteiger partial charge is 0.507 e. The maximum Gasteiger partial charge on any atom is 0.267 e. The number of Topliss-reactive ketones (excluding diaryl/α,β-unsaturated/α-hetero) is 1. The van der Waals surface area contributed by atoms with E-state index in [2.05, 4.69) is 9.97 Å². The van der Waals surface area contributed by atoms with E-state index in [9.17, 15) is 40.5 Å². The normalized spacial score (nSPS) is 21.1. The van der Waals surface area contributed by atoms with Crippen molar-refractivity contribution >= 4 is 28.8 Å². The fourth-order valence-electron chi connectivity index (χ4n) is 2.06. The Morgan fingerprint density at radius 3 is 1.86 bits per heavy atom. The molecule has 1 aromatic heterocycles. The van der Waals surface area contributed by atoms with Crippen molar-refractivity contribution in [3.05, 3.63) is 33.6 Å². The van der Waals surface area contributed by atoms with Gasteiger partial charge < -0.3 is 35.7 Å². The minimum absolute atomic E-state index is 0.497. The smallest absolute Gasteiger partial charge is 0.267 e. The molecule has 114 valence electrons. The van der Waals surface area contributed by atoms with Crippen molar-refractivity contribution in [3.63, 3.8) is 0 Å². The fourth-order valence-corrected chi connectivity index (χ4v) is 2.06. The van der Waals surface area contributed by atoms with E-state index in [1.165, 1.54) is 0 Å². The molecule has 7 N–H and O–H groups in total. The molecule has 0 spiro atoms. The standard InChI is InChI=1S/C12H8N2O8/c15-5-1-2(6(16)10(20)9(5)19)14-4-3(13-1)7(17)11(21)12(22)8(4)18/h9,15-21H. The van der Waals surface area contributed by atoms with Gasteiger partial charge in [-0.05, 0) is 0 Å². The van der Waals surface area contributed by atoms with E-state index < -0.39 is 68.5 Å². The van der Waals surface area contributed by atoms with Gasteiger partial charge >= 0.3 is 0 Å². The summed E-state index contributed by atoms with van der Waals surface area (Å²) in [4.78, 5) is 18.8. The predicted octanol–water partition coefficient (Wildman–Crippen LogP) is -1.66. The topological polar surface area (TPSA) is 184 Å². The van der Waals surface area contributed by atoms with E-state index in [0.29, 0.717) is 0 Å². The van der Waals surface area contributed by atoms with E-state index in [0.717, 1.165) is 0 Å². The van der Waals surface area contributed by atoms with Crippen molar-refractivity contribution in [1.29, 1.82) is 0 Å². The van der Waals surface area contributed by atoms with Gasteiger partial charge in [-0.1, -0.05) is 0 Å². The lowest BCUT2D eigenvalue weighted by atomic mass is 10.0. The molecule has 10 heteroatoms. The number of carbonyl (C=O) groups is 1. The number of rotatable bonds is 0. The molecule has 10 nitrogen and oxygen atoms in total. The first-order chi connectivity index (χ1) is 10.3. The molecule has 22 heavy (non-hydrogen) atoms. The van der Waals surface area contributed by atoms with Crippen LogP contribution in [0.15, 0.2) is 11.5 Å². The fraction of sp³-hybridized carbons (Fsp3) is 0.0833. The average Bonchev–Trinajstić information content (AvgIpc) is 2.52. The first-order valence-electron chi connectivity index (χ1n) is 5.78. The predicted molar refractivity (Wildman–Crippen MR) is 68.7 cm³/mol. The van der Waals surface area contributed by atoms with Crippen LogP contribution in [-0.4, -0.2) is 57.6 Å². The number of ketones is 1. The number of hydrogen-bond donors (Lipinski definition) is 7. The van der Waals surface area contributed by atoms with Crippen molar-refractivity contribution < 1.29 is 40.5 Å². The Morgan fingerprint density at radius 2 is 1.23 bits per heavy atom. The molecule has 0 aliphatic heterocycles. The molecule has 0 saturated heterocycles. The number of carbonyl (C=O) groups excluding carboxylic acids is 1. The maximum atomic E-state index is 11.5. The highest BCUT2D eigenvalue weighted by Crippen LogP contribution is 2.22. The van der Waals surface area contributed by atoms with Gasteiger partial charge in [-0.3, -0.25) is 4.79 Å². The molecule has 0 fully saturated rings. The van der Waals surface area contributed by atoms with Crippen LogP contribution >= 0.6 is 0 Å². The zero-order valence-electron chi connectivity index (χ0n) is 10.5. The number of nitrogens with zero attached hydrogens (tertiary/aromatic N) is 2. The van der Waals surface area contributed by atoms with Crippen LogP contribution in [-0.2, 0) is 4.79 Å². The van der Waals surface area contributed by atoms with Crippen LogP contribution in [0.3, 0.4) is 0 Å². The zero-order valence-corrected chi connectivity index (χ0v) is 10.5. The highest BCUT2D eigenvalue weighted by Gasteiger charge is 2.34. The van der Waals surface area contributed by atoms with Crippen LogP contribution < -0.4 is 10.7 Å². The Labute approximate surface area is 120 Å². The summed E-state index contributed by atoms with van der Waals surface area (Å²) in [7, 11) is 0. The molecule has 0 bridgehead atoms. The summed E-state index contributed by atoms with van der Waals surface area (Å²) in [5.74, 6) is -7.30. The quantitative estimate of drug-likeness (QED) is 0.292. The molecule has 3 rings (SSSR count). The van der Waals surface area contributed by atoms with Crippen LogP contribution in [0, 0.1) is 0 Å². The third kappa shape index (κ3) is 1.49. The van der Waals surface area contributed by atoms with Gasteiger partial charge in [0.15, 0.2) is 34.9 Å². The molecular weight excluding hydrogens is 300 g/mol. The second kappa shape index (κ2) is 4.11. The lowest BCUT2D eigenvalue weighted by molar-refractivity contribution is -0.114. The van der Waals surface area contributed by atoms with Crippen LogP contribution in [0.4, 0.5) is 0 Å². The summed E-state index contributed by atoms with van der Waals surface area (Å²) in [6, 6.07) is 0. The van der Waals surface area contributed by atoms with Gasteiger partial charge in [-0.15, -0.1) is 0 Å². The molecule has 0 aromatic carbocycles. The molecule has 1 unspecified atom stereocenters. The Bertz CT molecular complexity index is 927. The minimum atomic E-state index is -1.96. The Hall–Kier alpha value is -3.27. The van der Waals surface area contributed by atoms with Gasteiger partial charge in [-0.2, -0.15) is 0 Å². The van der Waals surface area contributed by atoms with Crippen LogP contribution in [0.25, 0.3) is 23.0 Å². The lowest BCUT2D eigenvalue weighted by Gasteiger charge is -2.18. The summed E-state index contributed by atoms with van der Waals surface area (Å²) < 4.78 is 0. The third-order valence-corrected chi connectivity index (χ3v) is 3.23. The van der Waals surface area contributed by atoms with Crippen molar-refractivity contribution in [2.45, 2.75) is 6.10 Å². The van der Waals surface area contributed by atoms with Gasteiger partial charge in [0.2, 0.25) is 5.76 Å². The minimum Gasteiger partial charge on any atom is -0.507 e. The van der Waals surface area contributed by atoms with E-state index in [1.807, 2.05) is 0 Å². The second-order valence-corrected chi connectivity index (χ2v) is 4.51. The number of hydrogen-bond acceptors (Lipinski definition) is 10. The Morgan fingerprint density at radius 1 is 0.682 bits per heavy atom. The molecule has 1 heterocycles. The zero-order chi connectivity index (χ0) is 16.3. The monoisotopic (exact) mass is 308 g/mol. The van der Waals surface area contributed by atoms with Gasteiger partial charge in [0, 0.05) is 0 Å². The van der Waals surface area contributed by atoms with Crippen molar-refractivity contribution in [2.75, 3.05) is 0 Å². The number of aliphatic hydroxyl groups is 7. The average molecular weight is 308 g/mol. The van der Waals surface area contributed by atoms with E-state index in [1.54, 1.807) is 0 Å². The van der Waals surface area contributed by atoms with E-state index in [4.69, 9.17) is 0 Å². The van der Waals surface area contributed by atoms with Gasteiger partial charge in [0.1, 0.15) is 22.1 Å². The number of aromatic nitrogens is 2. The van der Waals surface area contributed by atoms with E-state index in [-0.39, 0.29) is 0 Å². The lowest BCUT2D eigenvalue weighted by Crippen LogP contribution is -2.39. The Kier molecular flexibility index (Phi) is 2.56. The molecule has 2 aliphatic carbocycles. The highest BCUT2D eigenvalue weighted by atomic mass is 16.4. The van der Waals surface area contributed by atoms with Gasteiger partial charge in [-0.25, -0.2) is 9.97 Å². The summed E-state index contributed by atoms with van der Waals surface area (Å²) in [5.41, 5.74) is -1.06. The summed E-state index contributed by atoms with van der Waals surface area (Å²) in [6.45, 7) is 0. The number of aliphatic hydroxyl groups excluding tert-OH is 7. The molecule has 1 atom stereocenters. The molecule has 0 amide bonds. The van der Waals surface area contributed by atoms with Crippen LogP contribution in [0.5, 0.6) is 0 Å². The van der Waals surface area contributed by atoms with Crippen molar-refractivity contribution in [1.82, 2.24) is 9.97 Å². The maximum absolute atomic E-state index is 11.5. The third-order valence-electron chi connectivity index (χ3n) is 3.23. The first kappa shape index (κ1) is 13.7. The molecule has 1 aromatic rings. The first-order valence-corrected chi connectivity index (χ1v) is 5.78. The summed E-state index contributed by atoms with van der Waals surface area (Å²) in [6.07, 6.45) is -1.96. The SMILES string of the molecule is O=C1C(O)=C(O)c2nc3c(nc2=C1O)C(O)=C(O)C(O)C=3O. The van der Waals surface area contributed by atoms with E-state index >= 15 is 0 Å². The second-order valence-electron chi connectivity index (χ2n) is 4.51. The van der Waals surface area contributed by atoms with Crippen molar-refractivity contribution in [2.24, 2.45) is 0 Å². The molecule has 0 saturated carbocycles. The Balaban J connectivity index is 2.52.